The fourth-order valence-electron chi connectivity index (χ4n) is 4.82. The number of carbonyl (C=O) groups is 2. The third kappa shape index (κ3) is 5.29. The second-order valence-electron chi connectivity index (χ2n) is 9.34. The van der Waals surface area contributed by atoms with Gasteiger partial charge in [0.25, 0.3) is 11.1 Å². The fourth-order valence-corrected chi connectivity index (χ4v) is 5.49. The quantitative estimate of drug-likeness (QED) is 0.308. The average Bonchev–Trinajstić information content (AvgIpc) is 3.59. The van der Waals surface area contributed by atoms with Crippen molar-refractivity contribution in [2.45, 2.75) is 19.4 Å². The lowest BCUT2D eigenvalue weighted by Crippen LogP contribution is -2.38. The normalized spacial score (nSPS) is 17.5. The number of pyridine rings is 1. The zero-order chi connectivity index (χ0) is 25.9. The number of nitrogens with one attached hydrogen (secondary N) is 3. The monoisotopic (exact) mass is 526 g/mol. The number of rotatable bonds is 7. The molecule has 0 unspecified atom stereocenters. The minimum Gasteiger partial charge on any atom is -0.341 e. The molecular formula is C27H26N8O2S. The van der Waals surface area contributed by atoms with E-state index < -0.39 is 0 Å². The van der Waals surface area contributed by atoms with Crippen molar-refractivity contribution in [2.75, 3.05) is 24.5 Å². The number of H-pyrrole nitrogens is 1. The van der Waals surface area contributed by atoms with E-state index in [0.717, 1.165) is 72.1 Å². The molecule has 5 heterocycles. The van der Waals surface area contributed by atoms with Gasteiger partial charge in [-0.3, -0.25) is 20.0 Å². The van der Waals surface area contributed by atoms with Crippen molar-refractivity contribution in [3.8, 4) is 11.4 Å². The lowest BCUT2D eigenvalue weighted by Gasteiger charge is -2.32. The number of piperidine rings is 1. The van der Waals surface area contributed by atoms with Crippen LogP contribution in [-0.4, -0.2) is 55.9 Å². The van der Waals surface area contributed by atoms with Crippen LogP contribution in [0.2, 0.25) is 0 Å². The predicted octanol–water partition coefficient (Wildman–Crippen LogP) is 3.75. The Morgan fingerprint density at radius 1 is 1.08 bits per heavy atom. The topological polar surface area (TPSA) is 129 Å². The van der Waals surface area contributed by atoms with Gasteiger partial charge in [-0.15, -0.1) is 0 Å². The number of aromatic nitrogens is 5. The Kier molecular flexibility index (Phi) is 6.84. The molecule has 192 valence electrons. The number of anilines is 1. The van der Waals surface area contributed by atoms with Crippen LogP contribution >= 0.6 is 11.8 Å². The van der Waals surface area contributed by atoms with Gasteiger partial charge in [0.15, 0.2) is 0 Å². The van der Waals surface area contributed by atoms with Gasteiger partial charge in [0.2, 0.25) is 5.95 Å². The molecule has 0 bridgehead atoms. The molecule has 1 aromatic carbocycles. The van der Waals surface area contributed by atoms with Crippen molar-refractivity contribution in [1.29, 1.82) is 0 Å². The molecule has 2 fully saturated rings. The van der Waals surface area contributed by atoms with Crippen LogP contribution in [0.5, 0.6) is 0 Å². The highest BCUT2D eigenvalue weighted by Crippen LogP contribution is 2.27. The molecule has 2 aliphatic rings. The van der Waals surface area contributed by atoms with Crippen LogP contribution in [0, 0.1) is 5.92 Å². The smallest absolute Gasteiger partial charge is 0.290 e. The molecule has 10 nitrogen and oxygen atoms in total. The number of thioether (sulfide) groups is 1. The molecule has 3 N–H and O–H groups in total. The van der Waals surface area contributed by atoms with Gasteiger partial charge in [0, 0.05) is 37.4 Å². The summed E-state index contributed by atoms with van der Waals surface area (Å²) in [4.78, 5) is 39.7. The fraction of sp³-hybridized carbons (Fsp3) is 0.259. The number of carbonyl (C=O) groups excluding carboxylic acids is 2. The summed E-state index contributed by atoms with van der Waals surface area (Å²) >= 11 is 0.888. The first-order valence-electron chi connectivity index (χ1n) is 12.5. The van der Waals surface area contributed by atoms with Crippen LogP contribution in [-0.2, 0) is 11.3 Å². The van der Waals surface area contributed by atoms with Crippen molar-refractivity contribution in [2.24, 2.45) is 5.92 Å². The number of fused-ring (bicyclic) bond motifs is 1. The van der Waals surface area contributed by atoms with Crippen molar-refractivity contribution in [1.82, 2.24) is 35.8 Å². The van der Waals surface area contributed by atoms with Crippen molar-refractivity contribution in [3.05, 3.63) is 71.2 Å². The lowest BCUT2D eigenvalue weighted by atomic mass is 9.97. The molecule has 0 saturated carbocycles. The summed E-state index contributed by atoms with van der Waals surface area (Å²) in [6.45, 7) is 3.31. The average molecular weight is 527 g/mol. The molecule has 11 heteroatoms. The number of aromatic amines is 1. The number of imide groups is 1. The third-order valence-corrected chi connectivity index (χ3v) is 7.61. The molecule has 2 amide bonds. The first-order chi connectivity index (χ1) is 18.6. The van der Waals surface area contributed by atoms with Crippen molar-refractivity contribution < 1.29 is 9.59 Å². The van der Waals surface area contributed by atoms with E-state index in [-0.39, 0.29) is 11.1 Å². The Morgan fingerprint density at radius 2 is 1.95 bits per heavy atom. The van der Waals surface area contributed by atoms with Gasteiger partial charge in [-0.2, -0.15) is 5.10 Å². The molecule has 0 spiro atoms. The first-order valence-corrected chi connectivity index (χ1v) is 13.4. The summed E-state index contributed by atoms with van der Waals surface area (Å²) in [5, 5.41) is 14.9. The number of nitrogens with zero attached hydrogens (tertiary/aromatic N) is 5. The highest BCUT2D eigenvalue weighted by atomic mass is 32.2. The summed E-state index contributed by atoms with van der Waals surface area (Å²) in [7, 11) is 0. The second kappa shape index (κ2) is 10.7. The summed E-state index contributed by atoms with van der Waals surface area (Å²) in [5.41, 5.74) is 3.44. The SMILES string of the molecule is O=C1NC(=O)/C(=C/c2ccnc(N3CCC(CNCc4nc(-c5ccn[nH]5)cc5ccccc45)CC3)n2)S1. The van der Waals surface area contributed by atoms with Crippen LogP contribution in [0.1, 0.15) is 24.2 Å². The number of hydrogen-bond acceptors (Lipinski definition) is 9. The van der Waals surface area contributed by atoms with Gasteiger partial charge < -0.3 is 10.2 Å². The summed E-state index contributed by atoms with van der Waals surface area (Å²) in [5.74, 6) is 0.805. The van der Waals surface area contributed by atoms with E-state index >= 15 is 0 Å². The molecule has 6 rings (SSSR count). The highest BCUT2D eigenvalue weighted by molar-refractivity contribution is 8.18. The van der Waals surface area contributed by atoms with E-state index in [4.69, 9.17) is 4.98 Å². The molecule has 2 aliphatic heterocycles. The molecule has 0 atom stereocenters. The molecule has 0 radical (unpaired) electrons. The van der Waals surface area contributed by atoms with Crippen molar-refractivity contribution in [3.63, 3.8) is 0 Å². The van der Waals surface area contributed by atoms with Gasteiger partial charge >= 0.3 is 0 Å². The molecule has 4 aromatic rings. The summed E-state index contributed by atoms with van der Waals surface area (Å²) < 4.78 is 0. The van der Waals surface area contributed by atoms with Crippen molar-refractivity contribution >= 4 is 45.7 Å². The predicted molar refractivity (Wildman–Crippen MR) is 147 cm³/mol. The maximum absolute atomic E-state index is 11.8. The van der Waals surface area contributed by atoms with Crippen LogP contribution in [0.15, 0.2) is 59.8 Å². The number of benzene rings is 1. The van der Waals surface area contributed by atoms with E-state index in [1.807, 2.05) is 18.2 Å². The molecular weight excluding hydrogens is 500 g/mol. The Balaban J connectivity index is 1.06. The second-order valence-corrected chi connectivity index (χ2v) is 10.4. The van der Waals surface area contributed by atoms with Crippen LogP contribution in [0.4, 0.5) is 10.7 Å². The van der Waals surface area contributed by atoms with E-state index in [0.29, 0.717) is 29.0 Å². The zero-order valence-electron chi connectivity index (χ0n) is 20.6. The Hall–Kier alpha value is -4.09. The number of amides is 2. The molecule has 2 saturated heterocycles. The van der Waals surface area contributed by atoms with Gasteiger partial charge in [0.1, 0.15) is 0 Å². The standard InChI is InChI=1S/C27H26N8O2S/c36-25-24(38-27(37)33-25)14-19-5-9-29-26(31-19)35-11-7-17(8-12-35)15-28-16-23-20-4-2-1-3-18(20)13-22(32-23)21-6-10-30-34-21/h1-6,9-10,13-14,17,28H,7-8,11-12,15-16H2,(H,30,34)(H,33,36,37)/b24-14-. The summed E-state index contributed by atoms with van der Waals surface area (Å²) in [6.07, 6.45) is 7.11. The Labute approximate surface area is 223 Å². The van der Waals surface area contributed by atoms with Gasteiger partial charge in [-0.1, -0.05) is 24.3 Å². The minimum atomic E-state index is -0.385. The maximum Gasteiger partial charge on any atom is 0.290 e. The molecule has 38 heavy (non-hydrogen) atoms. The molecule has 3 aromatic heterocycles. The van der Waals surface area contributed by atoms with E-state index in [2.05, 4.69) is 53.9 Å². The first kappa shape index (κ1) is 24.3. The maximum atomic E-state index is 11.8. The lowest BCUT2D eigenvalue weighted by molar-refractivity contribution is -0.115. The third-order valence-electron chi connectivity index (χ3n) is 6.80. The van der Waals surface area contributed by atoms with Crippen LogP contribution in [0.25, 0.3) is 28.2 Å². The van der Waals surface area contributed by atoms with Crippen LogP contribution in [0.3, 0.4) is 0 Å². The summed E-state index contributed by atoms with van der Waals surface area (Å²) in [6, 6.07) is 14.1. The van der Waals surface area contributed by atoms with Gasteiger partial charge in [-0.25, -0.2) is 15.0 Å². The van der Waals surface area contributed by atoms with Gasteiger partial charge in [-0.05, 0) is 66.7 Å². The van der Waals surface area contributed by atoms with E-state index in [1.54, 1.807) is 24.5 Å². The Bertz CT molecular complexity index is 1510. The van der Waals surface area contributed by atoms with E-state index in [9.17, 15) is 9.59 Å². The molecule has 0 aliphatic carbocycles. The van der Waals surface area contributed by atoms with E-state index in [1.165, 1.54) is 0 Å². The van der Waals surface area contributed by atoms with Gasteiger partial charge in [0.05, 0.1) is 27.7 Å². The largest absolute Gasteiger partial charge is 0.341 e. The highest BCUT2D eigenvalue weighted by Gasteiger charge is 2.26. The number of hydrogen-bond donors (Lipinski definition) is 3. The minimum absolute atomic E-state index is 0.349. The Morgan fingerprint density at radius 3 is 2.74 bits per heavy atom. The zero-order valence-corrected chi connectivity index (χ0v) is 21.4. The van der Waals surface area contributed by atoms with Crippen LogP contribution < -0.4 is 15.5 Å².